The van der Waals surface area contributed by atoms with Crippen LogP contribution in [0.3, 0.4) is 0 Å². The monoisotopic (exact) mass is 302 g/mol. The summed E-state index contributed by atoms with van der Waals surface area (Å²) in [5, 5.41) is 0. The van der Waals surface area contributed by atoms with Gasteiger partial charge in [-0.05, 0) is 50.5 Å². The summed E-state index contributed by atoms with van der Waals surface area (Å²) in [6.45, 7) is 2.27. The molecule has 0 radical (unpaired) electrons. The van der Waals surface area contributed by atoms with E-state index in [-0.39, 0.29) is 17.0 Å². The second-order valence-corrected chi connectivity index (χ2v) is 6.75. The van der Waals surface area contributed by atoms with Crippen molar-refractivity contribution in [3.63, 3.8) is 0 Å². The Morgan fingerprint density at radius 1 is 1.18 bits per heavy atom. The van der Waals surface area contributed by atoms with Crippen LogP contribution in [0.1, 0.15) is 53.7 Å². The lowest BCUT2D eigenvalue weighted by atomic mass is 9.77. The van der Waals surface area contributed by atoms with E-state index in [1.807, 2.05) is 4.90 Å². The van der Waals surface area contributed by atoms with E-state index in [0.717, 1.165) is 76.0 Å². The molecule has 0 unspecified atom stereocenters. The third-order valence-corrected chi connectivity index (χ3v) is 5.61. The third-order valence-electron chi connectivity index (χ3n) is 5.61. The quantitative estimate of drug-likeness (QED) is 0.858. The van der Waals surface area contributed by atoms with Crippen LogP contribution in [0.2, 0.25) is 0 Å². The van der Waals surface area contributed by atoms with E-state index in [1.54, 1.807) is 0 Å². The average molecular weight is 302 g/mol. The van der Waals surface area contributed by atoms with Gasteiger partial charge in [0.2, 0.25) is 5.56 Å². The number of carbonyl (C=O) groups is 1. The molecular weight excluding hydrogens is 280 g/mol. The number of likely N-dealkylation sites (tertiary alicyclic amines) is 1. The highest BCUT2D eigenvalue weighted by Gasteiger charge is 2.48. The highest BCUT2D eigenvalue weighted by atomic mass is 16.5. The first-order valence-electron chi connectivity index (χ1n) is 8.34. The molecule has 3 heterocycles. The standard InChI is InChI=1S/C17H22N2O3/c20-15-11-13(12-3-1-2-4-14(12)18-15)16(21)19-8-5-17(19)6-9-22-10-7-17/h11H,1-10H2,(H,18,20). The zero-order valence-electron chi connectivity index (χ0n) is 12.8. The molecule has 5 heteroatoms. The third kappa shape index (κ3) is 2.10. The van der Waals surface area contributed by atoms with E-state index in [2.05, 4.69) is 4.98 Å². The Kier molecular flexibility index (Phi) is 3.33. The number of aromatic nitrogens is 1. The number of nitrogens with one attached hydrogen (secondary N) is 1. The molecule has 1 spiro atoms. The molecule has 5 nitrogen and oxygen atoms in total. The lowest BCUT2D eigenvalue weighted by molar-refractivity contribution is -0.0696. The first-order valence-corrected chi connectivity index (χ1v) is 8.34. The molecule has 4 rings (SSSR count). The molecule has 0 aromatic carbocycles. The van der Waals surface area contributed by atoms with Gasteiger partial charge in [-0.2, -0.15) is 0 Å². The van der Waals surface area contributed by atoms with Crippen molar-refractivity contribution >= 4 is 5.91 Å². The van der Waals surface area contributed by atoms with Crippen LogP contribution in [-0.2, 0) is 17.6 Å². The fraction of sp³-hybridized carbons (Fsp3) is 0.647. The summed E-state index contributed by atoms with van der Waals surface area (Å²) in [4.78, 5) is 29.9. The molecule has 1 amide bonds. The number of amides is 1. The zero-order chi connectivity index (χ0) is 15.2. The van der Waals surface area contributed by atoms with E-state index >= 15 is 0 Å². The number of hydrogen-bond donors (Lipinski definition) is 1. The minimum Gasteiger partial charge on any atom is -0.381 e. The van der Waals surface area contributed by atoms with Gasteiger partial charge in [-0.15, -0.1) is 0 Å². The molecule has 1 aromatic heterocycles. The van der Waals surface area contributed by atoms with Crippen molar-refractivity contribution in [3.05, 3.63) is 33.2 Å². The Hall–Kier alpha value is -1.62. The lowest BCUT2D eigenvalue weighted by Gasteiger charge is -2.55. The Balaban J connectivity index is 1.68. The van der Waals surface area contributed by atoms with Gasteiger partial charge in [0.25, 0.3) is 5.91 Å². The predicted molar refractivity (Wildman–Crippen MR) is 82.1 cm³/mol. The molecule has 118 valence electrons. The van der Waals surface area contributed by atoms with Crippen LogP contribution in [-0.4, -0.2) is 41.1 Å². The minimum absolute atomic E-state index is 0.0144. The Morgan fingerprint density at radius 2 is 1.95 bits per heavy atom. The second kappa shape index (κ2) is 5.23. The summed E-state index contributed by atoms with van der Waals surface area (Å²) in [7, 11) is 0. The van der Waals surface area contributed by atoms with Crippen molar-refractivity contribution < 1.29 is 9.53 Å². The maximum absolute atomic E-state index is 13.1. The summed E-state index contributed by atoms with van der Waals surface area (Å²) < 4.78 is 5.45. The highest BCUT2D eigenvalue weighted by Crippen LogP contribution is 2.40. The van der Waals surface area contributed by atoms with Crippen LogP contribution in [0.5, 0.6) is 0 Å². The summed E-state index contributed by atoms with van der Waals surface area (Å²) in [6.07, 6.45) is 6.87. The normalized spacial score (nSPS) is 23.0. The molecule has 2 fully saturated rings. The number of ether oxygens (including phenoxy) is 1. The van der Waals surface area contributed by atoms with E-state index < -0.39 is 0 Å². The molecule has 3 aliphatic rings. The number of pyridine rings is 1. The summed E-state index contributed by atoms with van der Waals surface area (Å²) in [5.41, 5.74) is 2.53. The Morgan fingerprint density at radius 3 is 2.68 bits per heavy atom. The van der Waals surface area contributed by atoms with Crippen molar-refractivity contribution in [1.29, 1.82) is 0 Å². The minimum atomic E-state index is -0.148. The molecule has 2 saturated heterocycles. The lowest BCUT2D eigenvalue weighted by Crippen LogP contribution is -2.64. The van der Waals surface area contributed by atoms with Crippen molar-refractivity contribution in [3.8, 4) is 0 Å². The van der Waals surface area contributed by atoms with Crippen LogP contribution >= 0.6 is 0 Å². The van der Waals surface area contributed by atoms with Gasteiger partial charge in [-0.1, -0.05) is 0 Å². The van der Waals surface area contributed by atoms with Crippen LogP contribution in [0.25, 0.3) is 0 Å². The average Bonchev–Trinajstić information content (AvgIpc) is 2.53. The van der Waals surface area contributed by atoms with Crippen LogP contribution in [0, 0.1) is 0 Å². The van der Waals surface area contributed by atoms with Crippen molar-refractivity contribution in [2.45, 2.75) is 50.5 Å². The number of carbonyl (C=O) groups excluding carboxylic acids is 1. The molecule has 22 heavy (non-hydrogen) atoms. The highest BCUT2D eigenvalue weighted by molar-refractivity contribution is 5.97. The Bertz CT molecular complexity index is 658. The van der Waals surface area contributed by atoms with E-state index in [4.69, 9.17) is 4.74 Å². The molecule has 2 aliphatic heterocycles. The van der Waals surface area contributed by atoms with Gasteiger partial charge in [0.05, 0.1) is 0 Å². The first kappa shape index (κ1) is 14.0. The molecular formula is C17H22N2O3. The van der Waals surface area contributed by atoms with Gasteiger partial charge in [0.15, 0.2) is 0 Å². The van der Waals surface area contributed by atoms with Gasteiger partial charge in [-0.25, -0.2) is 0 Å². The molecule has 0 saturated carbocycles. The molecule has 0 bridgehead atoms. The van der Waals surface area contributed by atoms with Gasteiger partial charge < -0.3 is 14.6 Å². The fourth-order valence-electron chi connectivity index (χ4n) is 4.21. The molecule has 1 aromatic rings. The number of nitrogens with zero attached hydrogens (tertiary/aromatic N) is 1. The predicted octanol–water partition coefficient (Wildman–Crippen LogP) is 1.65. The Labute approximate surface area is 129 Å². The number of fused-ring (bicyclic) bond motifs is 1. The largest absolute Gasteiger partial charge is 0.381 e. The number of aromatic amines is 1. The van der Waals surface area contributed by atoms with Crippen LogP contribution in [0.15, 0.2) is 10.9 Å². The maximum Gasteiger partial charge on any atom is 0.254 e. The number of hydrogen-bond acceptors (Lipinski definition) is 3. The maximum atomic E-state index is 13.1. The summed E-state index contributed by atoms with van der Waals surface area (Å²) in [6, 6.07) is 1.51. The second-order valence-electron chi connectivity index (χ2n) is 6.75. The van der Waals surface area contributed by atoms with Crippen LogP contribution in [0.4, 0.5) is 0 Å². The summed E-state index contributed by atoms with van der Waals surface area (Å²) in [5.74, 6) is 0.0531. The van der Waals surface area contributed by atoms with Crippen molar-refractivity contribution in [1.82, 2.24) is 9.88 Å². The number of aryl methyl sites for hydroxylation is 1. The van der Waals surface area contributed by atoms with Crippen LogP contribution < -0.4 is 5.56 Å². The van der Waals surface area contributed by atoms with E-state index in [1.165, 1.54) is 6.07 Å². The molecule has 1 N–H and O–H groups in total. The number of rotatable bonds is 1. The molecule has 1 aliphatic carbocycles. The van der Waals surface area contributed by atoms with Gasteiger partial charge >= 0.3 is 0 Å². The first-order chi connectivity index (χ1) is 10.7. The molecule has 0 atom stereocenters. The smallest absolute Gasteiger partial charge is 0.254 e. The van der Waals surface area contributed by atoms with Gasteiger partial charge in [-0.3, -0.25) is 9.59 Å². The van der Waals surface area contributed by atoms with Gasteiger partial charge in [0.1, 0.15) is 0 Å². The van der Waals surface area contributed by atoms with Crippen molar-refractivity contribution in [2.24, 2.45) is 0 Å². The van der Waals surface area contributed by atoms with Gasteiger partial charge in [0, 0.05) is 42.6 Å². The van der Waals surface area contributed by atoms with E-state index in [0.29, 0.717) is 5.56 Å². The van der Waals surface area contributed by atoms with Crippen molar-refractivity contribution in [2.75, 3.05) is 19.8 Å². The SMILES string of the molecule is O=C(c1cc(=O)[nH]c2c1CCCC2)N1CCC12CCOCC2. The number of H-pyrrole nitrogens is 1. The van der Waals surface area contributed by atoms with E-state index in [9.17, 15) is 9.59 Å². The summed E-state index contributed by atoms with van der Waals surface area (Å²) >= 11 is 0. The fourth-order valence-corrected chi connectivity index (χ4v) is 4.21. The zero-order valence-corrected chi connectivity index (χ0v) is 12.8. The topological polar surface area (TPSA) is 62.4 Å².